The van der Waals surface area contributed by atoms with Crippen molar-refractivity contribution < 1.29 is 18.7 Å². The third-order valence-corrected chi connectivity index (χ3v) is 5.60. The van der Waals surface area contributed by atoms with Gasteiger partial charge in [-0.05, 0) is 74.6 Å². The normalized spacial score (nSPS) is 11.2. The van der Waals surface area contributed by atoms with Crippen LogP contribution >= 0.6 is 0 Å². The van der Waals surface area contributed by atoms with Gasteiger partial charge in [0.15, 0.2) is 0 Å². The second-order valence-corrected chi connectivity index (χ2v) is 8.57. The Bertz CT molecular complexity index is 1030. The lowest BCUT2D eigenvalue weighted by Gasteiger charge is -2.28. The Labute approximate surface area is 208 Å². The average Bonchev–Trinajstić information content (AvgIpc) is 2.81. The number of urea groups is 1. The van der Waals surface area contributed by atoms with Gasteiger partial charge in [-0.1, -0.05) is 38.8 Å². The van der Waals surface area contributed by atoms with E-state index >= 15 is 0 Å². The summed E-state index contributed by atoms with van der Waals surface area (Å²) in [5.41, 5.74) is 3.87. The van der Waals surface area contributed by atoms with E-state index in [1.165, 1.54) is 12.1 Å². The van der Waals surface area contributed by atoms with Crippen LogP contribution in [-0.2, 0) is 9.53 Å². The van der Waals surface area contributed by atoms with Crippen molar-refractivity contribution in [2.24, 2.45) is 0 Å². The number of carbonyl (C=O) groups is 2. The predicted molar refractivity (Wildman–Crippen MR) is 143 cm³/mol. The molecule has 35 heavy (non-hydrogen) atoms. The number of rotatable bonds is 12. The lowest BCUT2D eigenvalue weighted by Crippen LogP contribution is -2.28. The van der Waals surface area contributed by atoms with E-state index in [1.807, 2.05) is 25.1 Å². The number of ether oxygens (including phenoxy) is 1. The maximum absolute atomic E-state index is 14.3. The first-order valence-corrected chi connectivity index (χ1v) is 12.4. The minimum absolute atomic E-state index is 0.109. The Morgan fingerprint density at radius 1 is 0.971 bits per heavy atom. The number of nitrogens with zero attached hydrogens (tertiary/aromatic N) is 1. The fraction of sp³-hybridized carbons (Fsp3) is 0.429. The van der Waals surface area contributed by atoms with Crippen molar-refractivity contribution in [1.29, 1.82) is 0 Å². The van der Waals surface area contributed by atoms with Gasteiger partial charge in [-0.2, -0.15) is 0 Å². The molecule has 190 valence electrons. The highest BCUT2D eigenvalue weighted by molar-refractivity contribution is 6.02. The molecule has 2 N–H and O–H groups in total. The van der Waals surface area contributed by atoms with Crippen LogP contribution in [0.4, 0.5) is 26.2 Å². The van der Waals surface area contributed by atoms with E-state index in [0.717, 1.165) is 61.2 Å². The molecule has 2 rings (SSSR count). The SMILES string of the molecule is CCCCN(CCCC)c1ccc(/C(C)=C/C(=O)OCC)cc1NC(=O)Nc1ccc(C)cc1F. The van der Waals surface area contributed by atoms with Crippen LogP contribution in [-0.4, -0.2) is 31.7 Å². The zero-order chi connectivity index (χ0) is 25.8. The van der Waals surface area contributed by atoms with Crippen molar-refractivity contribution in [3.63, 3.8) is 0 Å². The molecule has 0 radical (unpaired) electrons. The molecule has 2 aromatic rings. The van der Waals surface area contributed by atoms with Gasteiger partial charge in [0.1, 0.15) is 5.82 Å². The van der Waals surface area contributed by atoms with Crippen LogP contribution in [0.2, 0.25) is 0 Å². The van der Waals surface area contributed by atoms with Crippen LogP contribution in [0.1, 0.15) is 64.5 Å². The number of unbranched alkanes of at least 4 members (excludes halogenated alkanes) is 2. The van der Waals surface area contributed by atoms with Crippen molar-refractivity contribution in [2.45, 2.75) is 60.3 Å². The summed E-state index contributed by atoms with van der Waals surface area (Å²) in [6.07, 6.45) is 5.59. The summed E-state index contributed by atoms with van der Waals surface area (Å²) >= 11 is 0. The highest BCUT2D eigenvalue weighted by Gasteiger charge is 2.16. The van der Waals surface area contributed by atoms with Crippen molar-refractivity contribution in [3.8, 4) is 0 Å². The van der Waals surface area contributed by atoms with Gasteiger partial charge in [0, 0.05) is 19.2 Å². The summed E-state index contributed by atoms with van der Waals surface area (Å²) < 4.78 is 19.3. The summed E-state index contributed by atoms with van der Waals surface area (Å²) in [5.74, 6) is -0.904. The lowest BCUT2D eigenvalue weighted by atomic mass is 10.0. The maximum Gasteiger partial charge on any atom is 0.331 e. The second-order valence-electron chi connectivity index (χ2n) is 8.57. The topological polar surface area (TPSA) is 70.7 Å². The Morgan fingerprint density at radius 3 is 2.23 bits per heavy atom. The number of amides is 2. The summed E-state index contributed by atoms with van der Waals surface area (Å²) in [6, 6.07) is 9.87. The molecule has 2 aromatic carbocycles. The smallest absolute Gasteiger partial charge is 0.331 e. The molecule has 0 bridgehead atoms. The molecule has 2 amide bonds. The van der Waals surface area contributed by atoms with Gasteiger partial charge < -0.3 is 20.3 Å². The van der Waals surface area contributed by atoms with Crippen LogP contribution in [0.25, 0.3) is 5.57 Å². The Balaban J connectivity index is 2.41. The fourth-order valence-corrected chi connectivity index (χ4v) is 3.65. The molecule has 0 aliphatic heterocycles. The van der Waals surface area contributed by atoms with E-state index < -0.39 is 17.8 Å². The van der Waals surface area contributed by atoms with Gasteiger partial charge in [-0.15, -0.1) is 0 Å². The summed E-state index contributed by atoms with van der Waals surface area (Å²) in [7, 11) is 0. The van der Waals surface area contributed by atoms with Gasteiger partial charge >= 0.3 is 12.0 Å². The highest BCUT2D eigenvalue weighted by atomic mass is 19.1. The largest absolute Gasteiger partial charge is 0.463 e. The number of esters is 1. The summed E-state index contributed by atoms with van der Waals surface area (Å²) in [5, 5.41) is 5.51. The molecule has 6 nitrogen and oxygen atoms in total. The van der Waals surface area contributed by atoms with Gasteiger partial charge in [0.05, 0.1) is 23.7 Å². The van der Waals surface area contributed by atoms with Gasteiger partial charge in [0.2, 0.25) is 0 Å². The molecule has 0 aromatic heterocycles. The molecular formula is C28H38FN3O3. The third-order valence-electron chi connectivity index (χ3n) is 5.60. The number of aryl methyl sites for hydroxylation is 1. The van der Waals surface area contributed by atoms with Crippen LogP contribution in [0.5, 0.6) is 0 Å². The van der Waals surface area contributed by atoms with E-state index in [4.69, 9.17) is 4.74 Å². The minimum atomic E-state index is -0.538. The second kappa shape index (κ2) is 14.1. The van der Waals surface area contributed by atoms with Gasteiger partial charge in [0.25, 0.3) is 0 Å². The first-order chi connectivity index (χ1) is 16.8. The Morgan fingerprint density at radius 2 is 1.63 bits per heavy atom. The van der Waals surface area contributed by atoms with Gasteiger partial charge in [-0.3, -0.25) is 0 Å². The number of hydrogen-bond acceptors (Lipinski definition) is 4. The van der Waals surface area contributed by atoms with E-state index in [9.17, 15) is 14.0 Å². The molecule has 0 saturated heterocycles. The van der Waals surface area contributed by atoms with Crippen molar-refractivity contribution in [1.82, 2.24) is 0 Å². The molecule has 7 heteroatoms. The molecule has 0 saturated carbocycles. The Kier molecular flexibility index (Phi) is 11.3. The third kappa shape index (κ3) is 8.74. The highest BCUT2D eigenvalue weighted by Crippen LogP contribution is 2.31. The van der Waals surface area contributed by atoms with Crippen molar-refractivity contribution >= 4 is 34.6 Å². The number of nitrogens with one attached hydrogen (secondary N) is 2. The van der Waals surface area contributed by atoms with E-state index in [0.29, 0.717) is 12.3 Å². The minimum Gasteiger partial charge on any atom is -0.463 e. The van der Waals surface area contributed by atoms with E-state index in [-0.39, 0.29) is 5.69 Å². The lowest BCUT2D eigenvalue weighted by molar-refractivity contribution is -0.137. The quantitative estimate of drug-likeness (QED) is 0.248. The summed E-state index contributed by atoms with van der Waals surface area (Å²) in [6.45, 7) is 11.7. The standard InChI is InChI=1S/C28H38FN3O3/c1-6-9-15-32(16-10-7-2)26-14-12-22(21(5)18-27(33)35-8-3)19-25(26)31-28(34)30-24-13-11-20(4)17-23(24)29/h11-14,17-19H,6-10,15-16H2,1-5H3,(H2,30,31,34)/b21-18+. The number of anilines is 3. The molecule has 0 aliphatic rings. The average molecular weight is 484 g/mol. The first kappa shape index (κ1) is 27.9. The molecule has 0 heterocycles. The molecule has 0 atom stereocenters. The van der Waals surface area contributed by atoms with Crippen molar-refractivity contribution in [2.75, 3.05) is 35.2 Å². The number of hydrogen-bond donors (Lipinski definition) is 2. The van der Waals surface area contributed by atoms with Gasteiger partial charge in [-0.25, -0.2) is 14.0 Å². The number of halogens is 1. The van der Waals surface area contributed by atoms with Crippen LogP contribution < -0.4 is 15.5 Å². The first-order valence-electron chi connectivity index (χ1n) is 12.4. The molecular weight excluding hydrogens is 445 g/mol. The van der Waals surface area contributed by atoms with E-state index in [2.05, 4.69) is 29.4 Å². The fourth-order valence-electron chi connectivity index (χ4n) is 3.65. The molecule has 0 fully saturated rings. The number of allylic oxidation sites excluding steroid dienone is 1. The van der Waals surface area contributed by atoms with Crippen LogP contribution in [0.3, 0.4) is 0 Å². The molecule has 0 spiro atoms. The molecule has 0 unspecified atom stereocenters. The predicted octanol–water partition coefficient (Wildman–Crippen LogP) is 7.15. The monoisotopic (exact) mass is 483 g/mol. The maximum atomic E-state index is 14.3. The molecule has 0 aliphatic carbocycles. The van der Waals surface area contributed by atoms with Crippen LogP contribution in [0, 0.1) is 12.7 Å². The zero-order valence-corrected chi connectivity index (χ0v) is 21.5. The van der Waals surface area contributed by atoms with E-state index in [1.54, 1.807) is 26.0 Å². The van der Waals surface area contributed by atoms with Crippen LogP contribution in [0.15, 0.2) is 42.5 Å². The summed E-state index contributed by atoms with van der Waals surface area (Å²) in [4.78, 5) is 27.1. The zero-order valence-electron chi connectivity index (χ0n) is 21.5. The van der Waals surface area contributed by atoms with Crippen molar-refractivity contribution in [3.05, 3.63) is 59.4 Å². The number of benzene rings is 2. The Hall–Kier alpha value is -3.35. The number of carbonyl (C=O) groups excluding carboxylic acids is 2.